The SMILES string of the molecule is O=C(Nc1cccc(-c2nsc(Nc3ccc4[nH]ncc4c3)n2)c1)c1cccnc1.O=C(O)C(F)(F)F. The number of carbonyl (C=O) groups excluding carboxylic acids is 1. The van der Waals surface area contributed by atoms with Crippen LogP contribution in [0.25, 0.3) is 22.3 Å². The number of aliphatic carboxylic acids is 1. The van der Waals surface area contributed by atoms with Gasteiger partial charge in [0.15, 0.2) is 5.82 Å². The Labute approximate surface area is 210 Å². The maximum Gasteiger partial charge on any atom is 0.490 e. The van der Waals surface area contributed by atoms with Gasteiger partial charge in [0.2, 0.25) is 5.13 Å². The number of anilines is 3. The highest BCUT2D eigenvalue weighted by Gasteiger charge is 2.38. The minimum atomic E-state index is -5.08. The molecule has 5 rings (SSSR count). The molecule has 4 N–H and O–H groups in total. The number of nitrogens with one attached hydrogen (secondary N) is 3. The number of halogens is 3. The highest BCUT2D eigenvalue weighted by molar-refractivity contribution is 7.09. The molecule has 3 aromatic heterocycles. The van der Waals surface area contributed by atoms with Crippen molar-refractivity contribution in [3.05, 3.63) is 78.8 Å². The Morgan fingerprint density at radius 1 is 1.00 bits per heavy atom. The molecule has 0 unspecified atom stereocenters. The molecule has 188 valence electrons. The molecule has 0 aliphatic carbocycles. The van der Waals surface area contributed by atoms with E-state index in [4.69, 9.17) is 9.90 Å². The summed E-state index contributed by atoms with van der Waals surface area (Å²) < 4.78 is 36.2. The fourth-order valence-corrected chi connectivity index (χ4v) is 3.58. The van der Waals surface area contributed by atoms with Crippen LogP contribution in [0, 0.1) is 0 Å². The number of hydrogen-bond acceptors (Lipinski definition) is 8. The number of alkyl halides is 3. The van der Waals surface area contributed by atoms with Crippen molar-refractivity contribution in [1.29, 1.82) is 0 Å². The van der Waals surface area contributed by atoms with Crippen LogP contribution < -0.4 is 10.6 Å². The summed E-state index contributed by atoms with van der Waals surface area (Å²) in [7, 11) is 0. The van der Waals surface area contributed by atoms with Crippen LogP contribution in [0.4, 0.5) is 29.7 Å². The first kappa shape index (κ1) is 25.2. The van der Waals surface area contributed by atoms with Gasteiger partial charge in [0.05, 0.1) is 17.3 Å². The summed E-state index contributed by atoms with van der Waals surface area (Å²) in [6.07, 6.45) is -0.151. The van der Waals surface area contributed by atoms with E-state index in [1.54, 1.807) is 24.5 Å². The van der Waals surface area contributed by atoms with Gasteiger partial charge in [-0.05, 0) is 42.5 Å². The molecule has 0 radical (unpaired) electrons. The summed E-state index contributed by atoms with van der Waals surface area (Å²) in [4.78, 5) is 29.8. The van der Waals surface area contributed by atoms with Gasteiger partial charge >= 0.3 is 12.1 Å². The third-order valence-corrected chi connectivity index (χ3v) is 5.29. The van der Waals surface area contributed by atoms with Crippen molar-refractivity contribution in [2.75, 3.05) is 10.6 Å². The lowest BCUT2D eigenvalue weighted by atomic mass is 10.2. The van der Waals surface area contributed by atoms with E-state index in [9.17, 15) is 18.0 Å². The number of pyridine rings is 1. The number of amides is 1. The number of H-pyrrole nitrogens is 1. The number of rotatable bonds is 5. The Balaban J connectivity index is 0.000000405. The molecule has 0 spiro atoms. The summed E-state index contributed by atoms with van der Waals surface area (Å²) in [5.74, 6) is -2.39. The van der Waals surface area contributed by atoms with Gasteiger partial charge < -0.3 is 15.7 Å². The molecule has 0 saturated carbocycles. The van der Waals surface area contributed by atoms with Gasteiger partial charge in [0.25, 0.3) is 5.91 Å². The first-order valence-corrected chi connectivity index (χ1v) is 11.1. The molecule has 5 aromatic rings. The number of nitrogens with zero attached hydrogens (tertiary/aromatic N) is 4. The van der Waals surface area contributed by atoms with E-state index in [0.717, 1.165) is 22.2 Å². The Hall–Kier alpha value is -4.85. The van der Waals surface area contributed by atoms with Crippen molar-refractivity contribution in [3.8, 4) is 11.4 Å². The minimum absolute atomic E-state index is 0.219. The average Bonchev–Trinajstić information content (AvgIpc) is 3.54. The van der Waals surface area contributed by atoms with Crippen LogP contribution >= 0.6 is 11.5 Å². The molecule has 0 saturated heterocycles. The van der Waals surface area contributed by atoms with Crippen LogP contribution in [-0.4, -0.2) is 47.7 Å². The van der Waals surface area contributed by atoms with E-state index in [-0.39, 0.29) is 5.91 Å². The molecule has 0 aliphatic heterocycles. The van der Waals surface area contributed by atoms with Crippen LogP contribution in [-0.2, 0) is 4.79 Å². The van der Waals surface area contributed by atoms with Crippen molar-refractivity contribution in [1.82, 2.24) is 24.5 Å². The van der Waals surface area contributed by atoms with Crippen LogP contribution in [0.5, 0.6) is 0 Å². The first-order chi connectivity index (χ1) is 17.7. The number of carboxylic acid groups (broad SMARTS) is 1. The number of aromatic nitrogens is 5. The molecule has 0 fully saturated rings. The van der Waals surface area contributed by atoms with Crippen LogP contribution in [0.2, 0.25) is 0 Å². The van der Waals surface area contributed by atoms with E-state index in [1.165, 1.54) is 17.7 Å². The molecule has 10 nitrogen and oxygen atoms in total. The van der Waals surface area contributed by atoms with Gasteiger partial charge in [-0.2, -0.15) is 27.6 Å². The summed E-state index contributed by atoms with van der Waals surface area (Å²) in [6, 6.07) is 16.8. The average molecular weight is 527 g/mol. The predicted molar refractivity (Wildman–Crippen MR) is 131 cm³/mol. The molecule has 0 aliphatic rings. The second-order valence-corrected chi connectivity index (χ2v) is 8.05. The largest absolute Gasteiger partial charge is 0.490 e. The fourth-order valence-electron chi connectivity index (χ4n) is 2.97. The van der Waals surface area contributed by atoms with E-state index >= 15 is 0 Å². The molecular weight excluding hydrogens is 511 g/mol. The summed E-state index contributed by atoms with van der Waals surface area (Å²) in [5, 5.41) is 21.9. The lowest BCUT2D eigenvalue weighted by molar-refractivity contribution is -0.192. The quantitative estimate of drug-likeness (QED) is 0.247. The predicted octanol–water partition coefficient (Wildman–Crippen LogP) is 5.11. The number of fused-ring (bicyclic) bond motifs is 1. The number of aromatic amines is 1. The topological polar surface area (TPSA) is 146 Å². The maximum absolute atomic E-state index is 12.3. The lowest BCUT2D eigenvalue weighted by Gasteiger charge is -2.06. The third kappa shape index (κ3) is 6.64. The molecule has 0 bridgehead atoms. The van der Waals surface area contributed by atoms with E-state index in [2.05, 4.69) is 35.2 Å². The maximum atomic E-state index is 12.3. The number of carboxylic acids is 1. The van der Waals surface area contributed by atoms with Crippen LogP contribution in [0.15, 0.2) is 73.2 Å². The Morgan fingerprint density at radius 3 is 2.54 bits per heavy atom. The van der Waals surface area contributed by atoms with Crippen LogP contribution in [0.1, 0.15) is 10.4 Å². The number of carbonyl (C=O) groups is 2. The third-order valence-electron chi connectivity index (χ3n) is 4.66. The highest BCUT2D eigenvalue weighted by Crippen LogP contribution is 2.27. The second kappa shape index (κ2) is 10.8. The smallest absolute Gasteiger partial charge is 0.475 e. The van der Waals surface area contributed by atoms with Gasteiger partial charge in [0.1, 0.15) is 0 Å². The first-order valence-electron chi connectivity index (χ1n) is 10.3. The van der Waals surface area contributed by atoms with Gasteiger partial charge in [-0.25, -0.2) is 4.79 Å². The summed E-state index contributed by atoms with van der Waals surface area (Å²) in [5.41, 5.74) is 3.85. The number of benzene rings is 2. The van der Waals surface area contributed by atoms with Gasteiger partial charge in [-0.15, -0.1) is 0 Å². The van der Waals surface area contributed by atoms with Crippen LogP contribution in [0.3, 0.4) is 0 Å². The summed E-state index contributed by atoms with van der Waals surface area (Å²) in [6.45, 7) is 0. The van der Waals surface area contributed by atoms with Crippen molar-refractivity contribution in [2.24, 2.45) is 0 Å². The van der Waals surface area contributed by atoms with E-state index < -0.39 is 12.1 Å². The Kier molecular flexibility index (Phi) is 7.39. The lowest BCUT2D eigenvalue weighted by Crippen LogP contribution is -2.21. The fraction of sp³-hybridized carbons (Fsp3) is 0.0435. The molecule has 1 amide bonds. The molecular formula is C23H16F3N7O3S. The normalized spacial score (nSPS) is 10.9. The standard InChI is InChI=1S/C21H15N7OS.C2HF3O2/c29-20(14-4-2-8-22-11-14)24-16-5-1-3-13(9-16)19-26-21(30-28-19)25-17-6-7-18-15(10-17)12-23-27-18;3-2(4,5)1(6)7/h1-12H,(H,23,27)(H,24,29)(H,25,26,28);(H,6,7). The van der Waals surface area contributed by atoms with E-state index in [1.807, 2.05) is 42.5 Å². The second-order valence-electron chi connectivity index (χ2n) is 7.30. The van der Waals surface area contributed by atoms with Crippen molar-refractivity contribution in [2.45, 2.75) is 6.18 Å². The van der Waals surface area contributed by atoms with Gasteiger partial charge in [-0.3, -0.25) is 14.9 Å². The zero-order valence-electron chi connectivity index (χ0n) is 18.5. The molecule has 14 heteroatoms. The zero-order chi connectivity index (χ0) is 26.4. The molecule has 0 atom stereocenters. The summed E-state index contributed by atoms with van der Waals surface area (Å²) >= 11 is 1.27. The molecule has 2 aromatic carbocycles. The zero-order valence-corrected chi connectivity index (χ0v) is 19.3. The van der Waals surface area contributed by atoms with Crippen molar-refractivity contribution < 1.29 is 27.9 Å². The Bertz CT molecular complexity index is 1540. The minimum Gasteiger partial charge on any atom is -0.475 e. The van der Waals surface area contributed by atoms with E-state index in [0.29, 0.717) is 22.2 Å². The van der Waals surface area contributed by atoms with Gasteiger partial charge in [0, 0.05) is 46.3 Å². The monoisotopic (exact) mass is 527 g/mol. The van der Waals surface area contributed by atoms with Crippen molar-refractivity contribution >= 4 is 50.8 Å². The molecule has 3 heterocycles. The Morgan fingerprint density at radius 2 is 1.81 bits per heavy atom. The number of hydrogen-bond donors (Lipinski definition) is 4. The highest BCUT2D eigenvalue weighted by atomic mass is 32.1. The molecule has 37 heavy (non-hydrogen) atoms. The van der Waals surface area contributed by atoms with Gasteiger partial charge in [-0.1, -0.05) is 12.1 Å². The van der Waals surface area contributed by atoms with Crippen molar-refractivity contribution in [3.63, 3.8) is 0 Å².